The van der Waals surface area contributed by atoms with E-state index in [0.717, 1.165) is 54.0 Å². The summed E-state index contributed by atoms with van der Waals surface area (Å²) < 4.78 is 28.5. The van der Waals surface area contributed by atoms with Crippen LogP contribution in [0.25, 0.3) is 0 Å². The molecule has 6 aliphatic rings. The summed E-state index contributed by atoms with van der Waals surface area (Å²) in [6.07, 6.45) is 8.92. The molecule has 8 unspecified atom stereocenters. The van der Waals surface area contributed by atoms with E-state index in [1.807, 2.05) is 54.3 Å². The molecule has 0 aromatic heterocycles. The first-order valence-corrected chi connectivity index (χ1v) is 20.9. The lowest BCUT2D eigenvalue weighted by Crippen LogP contribution is -2.59. The van der Waals surface area contributed by atoms with E-state index in [2.05, 4.69) is 39.1 Å². The summed E-state index contributed by atoms with van der Waals surface area (Å²) in [5, 5.41) is 27.5. The maximum absolute atomic E-state index is 14.5. The molecule has 4 saturated carbocycles. The Bertz CT molecular complexity index is 1960. The number of fused-ring (bicyclic) bond motifs is 10. The van der Waals surface area contributed by atoms with Crippen molar-refractivity contribution in [3.05, 3.63) is 118 Å². The first-order chi connectivity index (χ1) is 26.6. The van der Waals surface area contributed by atoms with Crippen LogP contribution in [0.5, 0.6) is 0 Å². The van der Waals surface area contributed by atoms with Crippen molar-refractivity contribution in [2.75, 3.05) is 13.1 Å². The summed E-state index contributed by atoms with van der Waals surface area (Å²) in [6, 6.07) is 18.5. The van der Waals surface area contributed by atoms with Crippen LogP contribution in [0.1, 0.15) is 137 Å². The van der Waals surface area contributed by atoms with Gasteiger partial charge in [-0.1, -0.05) is 74.9 Å². The Kier molecular flexibility index (Phi) is 11.4. The minimum absolute atomic E-state index is 0.0431. The lowest BCUT2D eigenvalue weighted by atomic mass is 9.45. The third-order valence-electron chi connectivity index (χ3n) is 14.9. The van der Waals surface area contributed by atoms with Gasteiger partial charge in [0.2, 0.25) is 0 Å². The molecule has 3 N–H and O–H groups in total. The molecule has 56 heavy (non-hydrogen) atoms. The van der Waals surface area contributed by atoms with Gasteiger partial charge in [-0.15, -0.1) is 0 Å². The number of benzene rings is 3. The summed E-state index contributed by atoms with van der Waals surface area (Å²) in [5.41, 5.74) is 2.31. The fourth-order valence-electron chi connectivity index (χ4n) is 11.1. The number of aliphatic hydroxyl groups excluding tert-OH is 1. The molecular weight excluding hydrogens is 707 g/mol. The molecule has 3 aromatic rings. The topological polar surface area (TPSA) is 89.9 Å². The van der Waals surface area contributed by atoms with Gasteiger partial charge in [0, 0.05) is 23.1 Å². The Balaban J connectivity index is 1.27. The Morgan fingerprint density at radius 3 is 2.43 bits per heavy atom. The van der Waals surface area contributed by atoms with E-state index in [0.29, 0.717) is 62.5 Å². The summed E-state index contributed by atoms with van der Waals surface area (Å²) in [6.45, 7) is 11.6. The molecule has 6 nitrogen and oxygen atoms in total. The normalized spacial score (nSPS) is 30.3. The fraction of sp³-hybridized carbons (Fsp3) is 0.542. The van der Waals surface area contributed by atoms with E-state index in [-0.39, 0.29) is 35.5 Å². The Morgan fingerprint density at radius 2 is 1.71 bits per heavy atom. The minimum Gasteiger partial charge on any atom is -0.393 e. The zero-order valence-electron chi connectivity index (χ0n) is 33.8. The van der Waals surface area contributed by atoms with Gasteiger partial charge in [0.25, 0.3) is 0 Å². The number of hydrogen-bond donors (Lipinski definition) is 3. The number of hydrogen-bond acceptors (Lipinski definition) is 4. The van der Waals surface area contributed by atoms with Crippen LogP contribution in [0.15, 0.2) is 78.4 Å². The van der Waals surface area contributed by atoms with Crippen LogP contribution in [0.3, 0.4) is 0 Å². The molecule has 0 aliphatic heterocycles. The van der Waals surface area contributed by atoms with Gasteiger partial charge < -0.3 is 20.4 Å². The zero-order chi connectivity index (χ0) is 40.0. The van der Waals surface area contributed by atoms with Gasteiger partial charge in [0.1, 0.15) is 0 Å². The number of ketones is 1. The third kappa shape index (κ3) is 7.72. The summed E-state index contributed by atoms with van der Waals surface area (Å²) >= 11 is 0. The molecule has 6 aliphatic carbocycles. The van der Waals surface area contributed by atoms with Crippen LogP contribution in [0.2, 0.25) is 0 Å². The Labute approximate surface area is 331 Å². The SMILES string of the molecule is CC1=CCCC2(C)C(CCC2(O)CN(CC2CCC3CC2C3(C)C)C(=O)NC(C)c2ccccc2)c2ccc(cc2C(=O)c2ccc(F)c(F)c2)CC(O)CC1. The van der Waals surface area contributed by atoms with Gasteiger partial charge in [-0.05, 0) is 148 Å². The van der Waals surface area contributed by atoms with Gasteiger partial charge in [-0.2, -0.15) is 0 Å². The molecule has 8 atom stereocenters. The maximum Gasteiger partial charge on any atom is 0.317 e. The average Bonchev–Trinajstić information content (AvgIpc) is 3.43. The molecule has 4 bridgehead atoms. The highest BCUT2D eigenvalue weighted by Gasteiger charge is 2.59. The van der Waals surface area contributed by atoms with Crippen molar-refractivity contribution in [2.24, 2.45) is 28.6 Å². The standard InChI is InChI=1S/C48H60F2N2O4/c1-30-10-9-22-47(5)40(38-19-14-32(24-37(53)18-13-30)25-39(38)44(54)34-16-20-42(49)43(50)26-34)21-23-48(47,56)29-52(28-35-15-17-36-27-41(35)46(36,3)4)45(55)51-31(2)33-11-7-6-8-12-33/h6-8,10-12,14,16,19-20,25-26,31,35-37,40-41,53,56H,9,13,15,17-18,21-24,27-29H2,1-5H3,(H,51,55). The van der Waals surface area contributed by atoms with Gasteiger partial charge in [0.15, 0.2) is 17.4 Å². The number of allylic oxidation sites excluding steroid dienone is 2. The van der Waals surface area contributed by atoms with Gasteiger partial charge >= 0.3 is 6.03 Å². The van der Waals surface area contributed by atoms with E-state index >= 15 is 0 Å². The molecule has 0 spiro atoms. The average molecular weight is 767 g/mol. The van der Waals surface area contributed by atoms with Crippen LogP contribution in [-0.2, 0) is 6.42 Å². The molecular formula is C48H60F2N2O4. The predicted molar refractivity (Wildman–Crippen MR) is 216 cm³/mol. The minimum atomic E-state index is -1.30. The van der Waals surface area contributed by atoms with Crippen LogP contribution in [-0.4, -0.2) is 51.7 Å². The van der Waals surface area contributed by atoms with E-state index in [1.165, 1.54) is 18.1 Å². The largest absolute Gasteiger partial charge is 0.393 e. The molecule has 8 heteroatoms. The number of aliphatic hydroxyl groups is 2. The molecule has 0 saturated heterocycles. The molecule has 3 aromatic carbocycles. The van der Waals surface area contributed by atoms with Crippen molar-refractivity contribution < 1.29 is 28.6 Å². The van der Waals surface area contributed by atoms with Crippen molar-refractivity contribution in [1.82, 2.24) is 10.2 Å². The van der Waals surface area contributed by atoms with Crippen LogP contribution >= 0.6 is 0 Å². The number of urea groups is 1. The number of rotatable bonds is 8. The quantitative estimate of drug-likeness (QED) is 0.157. The molecule has 2 amide bonds. The molecule has 0 heterocycles. The van der Waals surface area contributed by atoms with E-state index in [4.69, 9.17) is 0 Å². The predicted octanol–water partition coefficient (Wildman–Crippen LogP) is 10.1. The van der Waals surface area contributed by atoms with Gasteiger partial charge in [-0.3, -0.25) is 4.79 Å². The molecule has 300 valence electrons. The Morgan fingerprint density at radius 1 is 0.946 bits per heavy atom. The fourth-order valence-corrected chi connectivity index (χ4v) is 11.1. The van der Waals surface area contributed by atoms with Gasteiger partial charge in [0.05, 0.1) is 24.3 Å². The first-order valence-electron chi connectivity index (χ1n) is 20.9. The van der Waals surface area contributed by atoms with Crippen LogP contribution in [0, 0.1) is 40.2 Å². The maximum atomic E-state index is 14.5. The van der Waals surface area contributed by atoms with Crippen LogP contribution in [0.4, 0.5) is 13.6 Å². The highest BCUT2D eigenvalue weighted by Crippen LogP contribution is 2.62. The second-order valence-corrected chi connectivity index (χ2v) is 18.6. The number of amides is 2. The number of carbonyl (C=O) groups excluding carboxylic acids is 2. The van der Waals surface area contributed by atoms with Crippen molar-refractivity contribution in [1.29, 1.82) is 0 Å². The summed E-state index contributed by atoms with van der Waals surface area (Å²) in [5.74, 6) is -1.24. The number of halogens is 2. The third-order valence-corrected chi connectivity index (χ3v) is 14.9. The lowest BCUT2D eigenvalue weighted by molar-refractivity contribution is -0.118. The summed E-state index contributed by atoms with van der Waals surface area (Å²) in [7, 11) is 0. The molecule has 0 radical (unpaired) electrons. The van der Waals surface area contributed by atoms with Crippen molar-refractivity contribution in [3.8, 4) is 0 Å². The van der Waals surface area contributed by atoms with E-state index in [1.54, 1.807) is 6.07 Å². The lowest BCUT2D eigenvalue weighted by Gasteiger charge is -2.60. The zero-order valence-corrected chi connectivity index (χ0v) is 33.8. The molecule has 4 fully saturated rings. The highest BCUT2D eigenvalue weighted by atomic mass is 19.2. The van der Waals surface area contributed by atoms with Crippen molar-refractivity contribution in [3.63, 3.8) is 0 Å². The van der Waals surface area contributed by atoms with Crippen molar-refractivity contribution in [2.45, 2.75) is 122 Å². The van der Waals surface area contributed by atoms with E-state index in [9.17, 15) is 28.6 Å². The smallest absolute Gasteiger partial charge is 0.317 e. The number of carbonyl (C=O) groups is 2. The number of nitrogens with zero attached hydrogens (tertiary/aromatic N) is 1. The van der Waals surface area contributed by atoms with Crippen LogP contribution < -0.4 is 5.32 Å². The highest BCUT2D eigenvalue weighted by molar-refractivity contribution is 6.10. The molecule has 9 rings (SSSR count). The number of nitrogens with one attached hydrogen (secondary N) is 1. The summed E-state index contributed by atoms with van der Waals surface area (Å²) in [4.78, 5) is 30.8. The van der Waals surface area contributed by atoms with Gasteiger partial charge in [-0.25, -0.2) is 13.6 Å². The first kappa shape index (κ1) is 40.3. The monoisotopic (exact) mass is 766 g/mol. The second kappa shape index (κ2) is 15.8. The van der Waals surface area contributed by atoms with E-state index < -0.39 is 34.5 Å². The van der Waals surface area contributed by atoms with Crippen molar-refractivity contribution >= 4 is 11.8 Å². The Hall–Kier alpha value is -3.88. The second-order valence-electron chi connectivity index (χ2n) is 18.6.